The summed E-state index contributed by atoms with van der Waals surface area (Å²) >= 11 is 6.03. The van der Waals surface area contributed by atoms with Gasteiger partial charge in [0.2, 0.25) is 0 Å². The van der Waals surface area contributed by atoms with Crippen molar-refractivity contribution in [2.24, 2.45) is 5.92 Å². The Morgan fingerprint density at radius 1 is 1.50 bits per heavy atom. The van der Waals surface area contributed by atoms with Crippen molar-refractivity contribution in [3.8, 4) is 6.07 Å². The van der Waals surface area contributed by atoms with Gasteiger partial charge in [0.25, 0.3) is 0 Å². The largest absolute Gasteiger partial charge is 0.198 e. The predicted octanol–water partition coefficient (Wildman–Crippen LogP) is 3.67. The summed E-state index contributed by atoms with van der Waals surface area (Å²) in [6.07, 6.45) is 2.37. The lowest BCUT2D eigenvalue weighted by Crippen LogP contribution is -1.98. The molecule has 1 aliphatic carbocycles. The van der Waals surface area contributed by atoms with Gasteiger partial charge < -0.3 is 0 Å². The average molecular weight is 206 g/mol. The van der Waals surface area contributed by atoms with Gasteiger partial charge in [-0.05, 0) is 42.9 Å². The minimum atomic E-state index is 0.0492. The van der Waals surface area contributed by atoms with Crippen LogP contribution in [0, 0.1) is 24.2 Å². The third kappa shape index (κ3) is 1.76. The van der Waals surface area contributed by atoms with Crippen molar-refractivity contribution in [1.82, 2.24) is 0 Å². The Hall–Kier alpha value is -1.00. The maximum Gasteiger partial charge on any atom is 0.0741 e. The lowest BCUT2D eigenvalue weighted by atomic mass is 9.95. The maximum absolute atomic E-state index is 9.06. The molecule has 1 aromatic carbocycles. The second-order valence-electron chi connectivity index (χ2n) is 3.95. The Balaban J connectivity index is 2.31. The van der Waals surface area contributed by atoms with Crippen LogP contribution in [0.5, 0.6) is 0 Å². The molecule has 14 heavy (non-hydrogen) atoms. The fourth-order valence-corrected chi connectivity index (χ4v) is 1.87. The van der Waals surface area contributed by atoms with Gasteiger partial charge in [-0.2, -0.15) is 5.26 Å². The molecule has 0 bridgehead atoms. The van der Waals surface area contributed by atoms with Crippen LogP contribution in [0.2, 0.25) is 5.02 Å². The molecule has 0 N–H and O–H groups in total. The van der Waals surface area contributed by atoms with Crippen molar-refractivity contribution < 1.29 is 0 Å². The number of halogens is 1. The Labute approximate surface area is 89.3 Å². The molecule has 0 radical (unpaired) electrons. The van der Waals surface area contributed by atoms with E-state index in [1.54, 1.807) is 0 Å². The zero-order chi connectivity index (χ0) is 10.1. The number of rotatable bonds is 2. The molecular formula is C12H12ClN. The third-order valence-corrected chi connectivity index (χ3v) is 3.19. The molecule has 1 unspecified atom stereocenters. The number of aryl methyl sites for hydroxylation is 1. The average Bonchev–Trinajstić information content (AvgIpc) is 2.96. The van der Waals surface area contributed by atoms with Crippen molar-refractivity contribution in [2.75, 3.05) is 0 Å². The Morgan fingerprint density at radius 3 is 2.71 bits per heavy atom. The van der Waals surface area contributed by atoms with Crippen LogP contribution >= 0.6 is 11.6 Å². The predicted molar refractivity (Wildman–Crippen MR) is 57.3 cm³/mol. The molecule has 1 aromatic rings. The molecule has 1 saturated carbocycles. The second kappa shape index (κ2) is 3.63. The van der Waals surface area contributed by atoms with E-state index in [4.69, 9.17) is 16.9 Å². The van der Waals surface area contributed by atoms with Gasteiger partial charge in [-0.15, -0.1) is 0 Å². The van der Waals surface area contributed by atoms with Crippen LogP contribution in [0.15, 0.2) is 18.2 Å². The molecule has 0 heterocycles. The summed E-state index contributed by atoms with van der Waals surface area (Å²) in [6.45, 7) is 1.98. The van der Waals surface area contributed by atoms with Gasteiger partial charge in [-0.25, -0.2) is 0 Å². The smallest absolute Gasteiger partial charge is 0.0741 e. The van der Waals surface area contributed by atoms with E-state index in [2.05, 4.69) is 6.07 Å². The lowest BCUT2D eigenvalue weighted by molar-refractivity contribution is 0.740. The Kier molecular flexibility index (Phi) is 2.48. The molecule has 1 fully saturated rings. The van der Waals surface area contributed by atoms with Crippen molar-refractivity contribution >= 4 is 11.6 Å². The highest BCUT2D eigenvalue weighted by Crippen LogP contribution is 2.42. The molecule has 2 rings (SSSR count). The first-order valence-corrected chi connectivity index (χ1v) is 5.26. The molecule has 0 aliphatic heterocycles. The quantitative estimate of drug-likeness (QED) is 0.723. The van der Waals surface area contributed by atoms with Crippen molar-refractivity contribution in [2.45, 2.75) is 25.7 Å². The van der Waals surface area contributed by atoms with E-state index in [0.717, 1.165) is 16.1 Å². The fourth-order valence-electron chi connectivity index (χ4n) is 1.68. The van der Waals surface area contributed by atoms with Crippen LogP contribution in [0.25, 0.3) is 0 Å². The topological polar surface area (TPSA) is 23.8 Å². The highest BCUT2D eigenvalue weighted by molar-refractivity contribution is 6.31. The van der Waals surface area contributed by atoms with E-state index in [-0.39, 0.29) is 5.92 Å². The molecule has 0 saturated heterocycles. The fraction of sp³-hybridized carbons (Fsp3) is 0.417. The van der Waals surface area contributed by atoms with Gasteiger partial charge in [0, 0.05) is 5.02 Å². The van der Waals surface area contributed by atoms with Gasteiger partial charge in [-0.3, -0.25) is 0 Å². The van der Waals surface area contributed by atoms with Gasteiger partial charge in [0.1, 0.15) is 0 Å². The number of nitriles is 1. The zero-order valence-corrected chi connectivity index (χ0v) is 8.88. The van der Waals surface area contributed by atoms with Gasteiger partial charge in [-0.1, -0.05) is 23.7 Å². The van der Waals surface area contributed by atoms with Crippen LogP contribution in [-0.2, 0) is 0 Å². The molecule has 0 spiro atoms. The zero-order valence-electron chi connectivity index (χ0n) is 8.13. The van der Waals surface area contributed by atoms with Crippen LogP contribution < -0.4 is 0 Å². The number of hydrogen-bond acceptors (Lipinski definition) is 1. The summed E-state index contributed by atoms with van der Waals surface area (Å²) in [7, 11) is 0. The monoisotopic (exact) mass is 205 g/mol. The third-order valence-electron chi connectivity index (χ3n) is 2.79. The van der Waals surface area contributed by atoms with E-state index in [1.807, 2.05) is 25.1 Å². The van der Waals surface area contributed by atoms with Crippen molar-refractivity contribution in [3.63, 3.8) is 0 Å². The van der Waals surface area contributed by atoms with Crippen LogP contribution in [0.3, 0.4) is 0 Å². The highest BCUT2D eigenvalue weighted by atomic mass is 35.5. The van der Waals surface area contributed by atoms with Crippen LogP contribution in [-0.4, -0.2) is 0 Å². The summed E-state index contributed by atoms with van der Waals surface area (Å²) < 4.78 is 0. The summed E-state index contributed by atoms with van der Waals surface area (Å²) in [4.78, 5) is 0. The SMILES string of the molecule is Cc1ccc(C(C#N)C2CC2)cc1Cl. The Morgan fingerprint density at radius 2 is 2.21 bits per heavy atom. The molecule has 0 aromatic heterocycles. The normalized spacial score (nSPS) is 17.5. The summed E-state index contributed by atoms with van der Waals surface area (Å²) in [6, 6.07) is 8.31. The minimum Gasteiger partial charge on any atom is -0.198 e. The first-order valence-electron chi connectivity index (χ1n) is 4.88. The van der Waals surface area contributed by atoms with E-state index in [9.17, 15) is 0 Å². The first-order chi connectivity index (χ1) is 6.72. The van der Waals surface area contributed by atoms with E-state index in [1.165, 1.54) is 12.8 Å². The summed E-state index contributed by atoms with van der Waals surface area (Å²) in [5.41, 5.74) is 2.15. The van der Waals surface area contributed by atoms with Crippen molar-refractivity contribution in [1.29, 1.82) is 5.26 Å². The van der Waals surface area contributed by atoms with Gasteiger partial charge in [0.15, 0.2) is 0 Å². The maximum atomic E-state index is 9.06. The van der Waals surface area contributed by atoms with Gasteiger partial charge >= 0.3 is 0 Å². The molecule has 1 atom stereocenters. The van der Waals surface area contributed by atoms with E-state index >= 15 is 0 Å². The molecule has 1 nitrogen and oxygen atoms in total. The van der Waals surface area contributed by atoms with Crippen LogP contribution in [0.1, 0.15) is 29.9 Å². The minimum absolute atomic E-state index is 0.0492. The second-order valence-corrected chi connectivity index (χ2v) is 4.36. The highest BCUT2D eigenvalue weighted by Gasteiger charge is 2.32. The van der Waals surface area contributed by atoms with Crippen LogP contribution in [0.4, 0.5) is 0 Å². The van der Waals surface area contributed by atoms with Gasteiger partial charge in [0.05, 0.1) is 12.0 Å². The number of hydrogen-bond donors (Lipinski definition) is 0. The van der Waals surface area contributed by atoms with Crippen molar-refractivity contribution in [3.05, 3.63) is 34.3 Å². The summed E-state index contributed by atoms with van der Waals surface area (Å²) in [5, 5.41) is 9.82. The lowest BCUT2D eigenvalue weighted by Gasteiger charge is -2.08. The van der Waals surface area contributed by atoms with E-state index in [0.29, 0.717) is 5.92 Å². The first kappa shape index (κ1) is 9.55. The molecule has 1 aliphatic rings. The Bertz CT molecular complexity index is 388. The number of nitrogens with zero attached hydrogens (tertiary/aromatic N) is 1. The standard InChI is InChI=1S/C12H12ClN/c1-8-2-3-10(6-12(8)13)11(7-14)9-4-5-9/h2-3,6,9,11H,4-5H2,1H3. The number of benzene rings is 1. The molecular weight excluding hydrogens is 194 g/mol. The summed E-state index contributed by atoms with van der Waals surface area (Å²) in [5.74, 6) is 0.617. The molecule has 72 valence electrons. The molecule has 2 heteroatoms. The van der Waals surface area contributed by atoms with E-state index < -0.39 is 0 Å². The molecule has 0 amide bonds.